The number of amides is 2. The van der Waals surface area contributed by atoms with E-state index >= 15 is 0 Å². The van der Waals surface area contributed by atoms with Gasteiger partial charge in [0.1, 0.15) is 5.82 Å². The predicted molar refractivity (Wildman–Crippen MR) is 101 cm³/mol. The molecule has 0 bridgehead atoms. The van der Waals surface area contributed by atoms with E-state index in [0.29, 0.717) is 24.4 Å². The molecule has 2 saturated heterocycles. The summed E-state index contributed by atoms with van der Waals surface area (Å²) < 4.78 is 19.5. The van der Waals surface area contributed by atoms with Gasteiger partial charge in [0.2, 0.25) is 5.91 Å². The number of thiophene rings is 1. The maximum absolute atomic E-state index is 13.3. The van der Waals surface area contributed by atoms with Crippen LogP contribution in [0.4, 0.5) is 4.39 Å². The fourth-order valence-corrected chi connectivity index (χ4v) is 4.50. The number of hydrogen-bond donors (Lipinski definition) is 1. The third-order valence-corrected chi connectivity index (χ3v) is 6.16. The Bertz CT molecular complexity index is 850. The van der Waals surface area contributed by atoms with Crippen molar-refractivity contribution in [3.63, 3.8) is 0 Å². The molecule has 3 heterocycles. The average Bonchev–Trinajstić information content (AvgIpc) is 3.23. The highest BCUT2D eigenvalue weighted by Gasteiger charge is 2.31. The van der Waals surface area contributed by atoms with Crippen LogP contribution in [0.1, 0.15) is 16.1 Å². The van der Waals surface area contributed by atoms with Crippen LogP contribution in [-0.2, 0) is 9.53 Å². The molecule has 0 spiro atoms. The lowest BCUT2D eigenvalue weighted by Gasteiger charge is -2.28. The van der Waals surface area contributed by atoms with E-state index in [1.807, 2.05) is 4.90 Å². The van der Waals surface area contributed by atoms with Gasteiger partial charge in [-0.15, -0.1) is 11.3 Å². The summed E-state index contributed by atoms with van der Waals surface area (Å²) >= 11 is 1.33. The minimum absolute atomic E-state index is 0.0759. The minimum Gasteiger partial charge on any atom is -0.379 e. The van der Waals surface area contributed by atoms with Crippen LogP contribution in [0.5, 0.6) is 0 Å². The number of likely N-dealkylation sites (tertiary alicyclic amines) is 1. The Kier molecular flexibility index (Phi) is 5.38. The molecule has 8 heteroatoms. The molecule has 0 unspecified atom stereocenters. The van der Waals surface area contributed by atoms with Crippen molar-refractivity contribution >= 4 is 33.2 Å². The van der Waals surface area contributed by atoms with Gasteiger partial charge in [0.25, 0.3) is 5.91 Å². The van der Waals surface area contributed by atoms with Crippen molar-refractivity contribution < 1.29 is 18.7 Å². The highest BCUT2D eigenvalue weighted by atomic mass is 32.1. The number of ether oxygens (including phenoxy) is 1. The van der Waals surface area contributed by atoms with E-state index in [4.69, 9.17) is 4.74 Å². The van der Waals surface area contributed by atoms with Crippen LogP contribution in [0.15, 0.2) is 24.3 Å². The number of morpholine rings is 1. The second-order valence-electron chi connectivity index (χ2n) is 6.96. The molecule has 1 N–H and O–H groups in total. The fraction of sp³-hybridized carbons (Fsp3) is 0.474. The molecule has 0 radical (unpaired) electrons. The van der Waals surface area contributed by atoms with E-state index in [2.05, 4.69) is 10.2 Å². The van der Waals surface area contributed by atoms with Gasteiger partial charge in [0.15, 0.2) is 0 Å². The van der Waals surface area contributed by atoms with Crippen molar-refractivity contribution in [2.45, 2.75) is 12.5 Å². The first-order valence-electron chi connectivity index (χ1n) is 9.16. The number of fused-ring (bicyclic) bond motifs is 1. The Morgan fingerprint density at radius 2 is 2.07 bits per heavy atom. The zero-order valence-corrected chi connectivity index (χ0v) is 15.8. The number of hydrogen-bond acceptors (Lipinski definition) is 5. The van der Waals surface area contributed by atoms with Gasteiger partial charge in [-0.25, -0.2) is 4.39 Å². The highest BCUT2D eigenvalue weighted by Crippen LogP contribution is 2.26. The molecule has 144 valence electrons. The van der Waals surface area contributed by atoms with E-state index in [1.165, 1.54) is 23.5 Å². The highest BCUT2D eigenvalue weighted by molar-refractivity contribution is 7.20. The minimum atomic E-state index is -0.315. The maximum atomic E-state index is 13.3. The van der Waals surface area contributed by atoms with Crippen LogP contribution in [0, 0.1) is 5.82 Å². The van der Waals surface area contributed by atoms with Gasteiger partial charge >= 0.3 is 0 Å². The Hall–Kier alpha value is -2.03. The molecule has 2 aliphatic heterocycles. The Morgan fingerprint density at radius 1 is 1.26 bits per heavy atom. The van der Waals surface area contributed by atoms with Crippen LogP contribution in [0.3, 0.4) is 0 Å². The number of halogens is 1. The van der Waals surface area contributed by atoms with Gasteiger partial charge in [0.05, 0.1) is 24.1 Å². The van der Waals surface area contributed by atoms with Crippen molar-refractivity contribution in [3.8, 4) is 0 Å². The van der Waals surface area contributed by atoms with E-state index in [-0.39, 0.29) is 23.7 Å². The standard InChI is InChI=1S/C19H22FN3O3S/c20-14-1-2-16-13(9-14)10-17(27-16)19(25)21-15-11-18(24)23(12-15)4-3-22-5-7-26-8-6-22/h1-2,9-10,15H,3-8,11-12H2,(H,21,25)/t15-/m1/s1. The van der Waals surface area contributed by atoms with Crippen molar-refractivity contribution in [1.29, 1.82) is 0 Å². The lowest BCUT2D eigenvalue weighted by atomic mass is 10.2. The summed E-state index contributed by atoms with van der Waals surface area (Å²) in [5.74, 6) is -0.444. The van der Waals surface area contributed by atoms with Crippen molar-refractivity contribution in [3.05, 3.63) is 35.0 Å². The van der Waals surface area contributed by atoms with Crippen molar-refractivity contribution in [1.82, 2.24) is 15.1 Å². The summed E-state index contributed by atoms with van der Waals surface area (Å²) in [7, 11) is 0. The van der Waals surface area contributed by atoms with E-state index in [1.54, 1.807) is 12.1 Å². The van der Waals surface area contributed by atoms with Crippen LogP contribution in [-0.4, -0.2) is 73.6 Å². The Labute approximate surface area is 160 Å². The molecule has 0 saturated carbocycles. The van der Waals surface area contributed by atoms with Gasteiger partial charge in [-0.3, -0.25) is 14.5 Å². The quantitative estimate of drug-likeness (QED) is 0.843. The topological polar surface area (TPSA) is 61.9 Å². The SMILES string of the molecule is O=C(N[C@@H]1CC(=O)N(CCN2CCOCC2)C1)c1cc2cc(F)ccc2s1. The van der Waals surface area contributed by atoms with Crippen LogP contribution in [0.2, 0.25) is 0 Å². The number of benzene rings is 1. The van der Waals surface area contributed by atoms with E-state index in [0.717, 1.165) is 42.9 Å². The van der Waals surface area contributed by atoms with Crippen LogP contribution < -0.4 is 5.32 Å². The number of nitrogens with zero attached hydrogens (tertiary/aromatic N) is 2. The fourth-order valence-electron chi connectivity index (χ4n) is 3.55. The first kappa shape index (κ1) is 18.3. The molecule has 2 aromatic rings. The lowest BCUT2D eigenvalue weighted by molar-refractivity contribution is -0.128. The third kappa shape index (κ3) is 4.28. The van der Waals surface area contributed by atoms with Gasteiger partial charge in [-0.1, -0.05) is 0 Å². The van der Waals surface area contributed by atoms with Gasteiger partial charge in [0, 0.05) is 43.8 Å². The largest absolute Gasteiger partial charge is 0.379 e. The maximum Gasteiger partial charge on any atom is 0.261 e. The molecule has 4 rings (SSSR count). The van der Waals surface area contributed by atoms with Crippen LogP contribution >= 0.6 is 11.3 Å². The monoisotopic (exact) mass is 391 g/mol. The van der Waals surface area contributed by atoms with Crippen molar-refractivity contribution in [2.75, 3.05) is 45.9 Å². The molecule has 1 atom stereocenters. The number of carbonyl (C=O) groups is 2. The van der Waals surface area contributed by atoms with Crippen molar-refractivity contribution in [2.24, 2.45) is 0 Å². The summed E-state index contributed by atoms with van der Waals surface area (Å²) in [5.41, 5.74) is 0. The van der Waals surface area contributed by atoms with Gasteiger partial charge in [-0.2, -0.15) is 0 Å². The zero-order valence-electron chi connectivity index (χ0n) is 14.9. The Morgan fingerprint density at radius 3 is 2.89 bits per heavy atom. The summed E-state index contributed by atoms with van der Waals surface area (Å²) in [4.78, 5) is 29.4. The molecule has 27 heavy (non-hydrogen) atoms. The smallest absolute Gasteiger partial charge is 0.261 e. The second kappa shape index (κ2) is 7.92. The summed E-state index contributed by atoms with van der Waals surface area (Å²) in [6, 6.07) is 6.01. The summed E-state index contributed by atoms with van der Waals surface area (Å²) in [6.45, 7) is 5.32. The summed E-state index contributed by atoms with van der Waals surface area (Å²) in [6.07, 6.45) is 0.328. The third-order valence-electron chi connectivity index (χ3n) is 5.04. The summed E-state index contributed by atoms with van der Waals surface area (Å²) in [5, 5.41) is 3.67. The number of carbonyl (C=O) groups excluding carboxylic acids is 2. The average molecular weight is 391 g/mol. The molecular formula is C19H22FN3O3S. The molecular weight excluding hydrogens is 369 g/mol. The Balaban J connectivity index is 1.32. The van der Waals surface area contributed by atoms with Gasteiger partial charge in [-0.05, 0) is 29.7 Å². The number of rotatable bonds is 5. The van der Waals surface area contributed by atoms with E-state index in [9.17, 15) is 14.0 Å². The molecule has 0 aliphatic carbocycles. The molecule has 2 aliphatic rings. The molecule has 2 fully saturated rings. The zero-order chi connectivity index (χ0) is 18.8. The first-order chi connectivity index (χ1) is 13.1. The second-order valence-corrected chi connectivity index (χ2v) is 8.04. The molecule has 6 nitrogen and oxygen atoms in total. The molecule has 1 aromatic carbocycles. The number of nitrogens with one attached hydrogen (secondary N) is 1. The molecule has 2 amide bonds. The molecule has 1 aromatic heterocycles. The predicted octanol–water partition coefficient (Wildman–Crippen LogP) is 1.70. The first-order valence-corrected chi connectivity index (χ1v) is 9.98. The van der Waals surface area contributed by atoms with E-state index < -0.39 is 0 Å². The lowest BCUT2D eigenvalue weighted by Crippen LogP contribution is -2.42. The van der Waals surface area contributed by atoms with Gasteiger partial charge < -0.3 is 15.0 Å². The normalized spacial score (nSPS) is 21.1. The van der Waals surface area contributed by atoms with Crippen LogP contribution in [0.25, 0.3) is 10.1 Å².